The Labute approximate surface area is 133 Å². The van der Waals surface area contributed by atoms with Crippen molar-refractivity contribution in [2.45, 2.75) is 57.9 Å². The summed E-state index contributed by atoms with van der Waals surface area (Å²) in [6, 6.07) is 1.96. The van der Waals surface area contributed by atoms with Crippen molar-refractivity contribution in [2.75, 3.05) is 13.1 Å². The van der Waals surface area contributed by atoms with E-state index in [1.165, 1.54) is 18.5 Å². The number of nitrogens with zero attached hydrogens (tertiary/aromatic N) is 2. The predicted octanol–water partition coefficient (Wildman–Crippen LogP) is 2.41. The fourth-order valence-electron chi connectivity index (χ4n) is 2.28. The first-order valence-electron chi connectivity index (χ1n) is 7.52. The molecule has 0 bridgehead atoms. The molecule has 0 unspecified atom stereocenters. The first-order chi connectivity index (χ1) is 9.43. The molecule has 0 aliphatic heterocycles. The maximum atomic E-state index is 12.1. The summed E-state index contributed by atoms with van der Waals surface area (Å²) in [6.45, 7) is 7.69. The lowest BCUT2D eigenvalue weighted by Crippen LogP contribution is -2.28. The van der Waals surface area contributed by atoms with Crippen molar-refractivity contribution in [1.29, 1.82) is 0 Å². The number of hydrogen-bond donors (Lipinski definition) is 2. The van der Waals surface area contributed by atoms with Gasteiger partial charge in [-0.3, -0.25) is 9.48 Å². The van der Waals surface area contributed by atoms with E-state index in [2.05, 4.69) is 31.2 Å². The highest BCUT2D eigenvalue weighted by molar-refractivity contribution is 5.92. The molecule has 1 aliphatic rings. The second kappa shape index (κ2) is 7.27. The molecule has 0 atom stereocenters. The molecule has 3 N–H and O–H groups in total. The van der Waals surface area contributed by atoms with E-state index in [0.29, 0.717) is 24.7 Å². The summed E-state index contributed by atoms with van der Waals surface area (Å²) >= 11 is 0. The molecule has 6 heteroatoms. The maximum Gasteiger partial charge on any atom is 0.271 e. The normalized spacial score (nSPS) is 14.7. The smallest absolute Gasteiger partial charge is 0.271 e. The van der Waals surface area contributed by atoms with Crippen molar-refractivity contribution in [3.8, 4) is 0 Å². The number of carbonyl (C=O) groups is 1. The SMILES string of the molecule is CC(C)(C)n1nc(C(=O)NCCCCN)cc1C1CC1.Cl. The molecule has 1 aliphatic carbocycles. The van der Waals surface area contributed by atoms with Gasteiger partial charge in [-0.1, -0.05) is 0 Å². The Morgan fingerprint density at radius 3 is 2.62 bits per heavy atom. The minimum atomic E-state index is -0.0873. The highest BCUT2D eigenvalue weighted by Crippen LogP contribution is 2.41. The Kier molecular flexibility index (Phi) is 6.23. The van der Waals surface area contributed by atoms with Crippen LogP contribution >= 0.6 is 12.4 Å². The third-order valence-corrected chi connectivity index (χ3v) is 3.52. The van der Waals surface area contributed by atoms with E-state index in [1.54, 1.807) is 0 Å². The summed E-state index contributed by atoms with van der Waals surface area (Å²) in [4.78, 5) is 12.1. The van der Waals surface area contributed by atoms with Gasteiger partial charge < -0.3 is 11.1 Å². The molecule has 1 heterocycles. The zero-order valence-corrected chi connectivity index (χ0v) is 14.0. The van der Waals surface area contributed by atoms with E-state index in [9.17, 15) is 4.79 Å². The number of nitrogens with one attached hydrogen (secondary N) is 1. The Hall–Kier alpha value is -1.07. The lowest BCUT2D eigenvalue weighted by Gasteiger charge is -2.22. The summed E-state index contributed by atoms with van der Waals surface area (Å²) in [7, 11) is 0. The number of unbranched alkanes of at least 4 members (excludes halogenated alkanes) is 1. The lowest BCUT2D eigenvalue weighted by molar-refractivity contribution is 0.0946. The number of rotatable bonds is 6. The fraction of sp³-hybridized carbons (Fsp3) is 0.733. The molecule has 0 aromatic carbocycles. The van der Waals surface area contributed by atoms with Crippen LogP contribution in [-0.4, -0.2) is 28.8 Å². The second-order valence-corrected chi connectivity index (χ2v) is 6.56. The van der Waals surface area contributed by atoms with E-state index < -0.39 is 0 Å². The van der Waals surface area contributed by atoms with E-state index >= 15 is 0 Å². The van der Waals surface area contributed by atoms with Crippen molar-refractivity contribution in [3.63, 3.8) is 0 Å². The lowest BCUT2D eigenvalue weighted by atomic mass is 10.1. The van der Waals surface area contributed by atoms with Crippen LogP contribution in [0.15, 0.2) is 6.07 Å². The van der Waals surface area contributed by atoms with E-state index in [-0.39, 0.29) is 23.9 Å². The van der Waals surface area contributed by atoms with Gasteiger partial charge >= 0.3 is 0 Å². The van der Waals surface area contributed by atoms with Gasteiger partial charge in [-0.25, -0.2) is 0 Å². The van der Waals surface area contributed by atoms with Crippen molar-refractivity contribution in [1.82, 2.24) is 15.1 Å². The summed E-state index contributed by atoms with van der Waals surface area (Å²) in [6.07, 6.45) is 4.26. The number of hydrogen-bond acceptors (Lipinski definition) is 3. The molecule has 120 valence electrons. The van der Waals surface area contributed by atoms with Gasteiger partial charge in [0, 0.05) is 18.2 Å². The Bertz CT molecular complexity index is 475. The largest absolute Gasteiger partial charge is 0.351 e. The van der Waals surface area contributed by atoms with Crippen LogP contribution < -0.4 is 11.1 Å². The third kappa shape index (κ3) is 4.71. The van der Waals surface area contributed by atoms with Crippen LogP contribution in [0.4, 0.5) is 0 Å². The van der Waals surface area contributed by atoms with Crippen LogP contribution in [0.1, 0.15) is 68.6 Å². The summed E-state index contributed by atoms with van der Waals surface area (Å²) < 4.78 is 2.01. The average molecular weight is 315 g/mol. The molecule has 0 radical (unpaired) electrons. The van der Waals surface area contributed by atoms with Gasteiger partial charge in [0.25, 0.3) is 5.91 Å². The third-order valence-electron chi connectivity index (χ3n) is 3.52. The monoisotopic (exact) mass is 314 g/mol. The fourth-order valence-corrected chi connectivity index (χ4v) is 2.28. The highest BCUT2D eigenvalue weighted by atomic mass is 35.5. The Balaban J connectivity index is 0.00000220. The predicted molar refractivity (Wildman–Crippen MR) is 87.1 cm³/mol. The van der Waals surface area contributed by atoms with Crippen molar-refractivity contribution in [2.24, 2.45) is 5.73 Å². The van der Waals surface area contributed by atoms with Crippen LogP contribution in [0, 0.1) is 0 Å². The van der Waals surface area contributed by atoms with Gasteiger partial charge in [0.05, 0.1) is 5.54 Å². The van der Waals surface area contributed by atoms with Gasteiger partial charge in [-0.15, -0.1) is 12.4 Å². The Morgan fingerprint density at radius 2 is 2.10 bits per heavy atom. The maximum absolute atomic E-state index is 12.1. The molecule has 2 rings (SSSR count). The Morgan fingerprint density at radius 1 is 1.43 bits per heavy atom. The molecular weight excluding hydrogens is 288 g/mol. The number of aromatic nitrogens is 2. The molecule has 21 heavy (non-hydrogen) atoms. The van der Waals surface area contributed by atoms with Crippen LogP contribution in [-0.2, 0) is 5.54 Å². The topological polar surface area (TPSA) is 72.9 Å². The van der Waals surface area contributed by atoms with Crippen LogP contribution in [0.25, 0.3) is 0 Å². The standard InChI is InChI=1S/C15H26N4O.ClH/c1-15(2,3)19-13(11-6-7-11)10-12(18-19)14(20)17-9-5-4-8-16;/h10-11H,4-9,16H2,1-3H3,(H,17,20);1H. The van der Waals surface area contributed by atoms with E-state index in [4.69, 9.17) is 5.73 Å². The summed E-state index contributed by atoms with van der Waals surface area (Å²) in [5.74, 6) is 0.507. The van der Waals surface area contributed by atoms with Crippen molar-refractivity contribution in [3.05, 3.63) is 17.5 Å². The molecule has 0 saturated heterocycles. The van der Waals surface area contributed by atoms with Crippen LogP contribution in [0.5, 0.6) is 0 Å². The number of nitrogens with two attached hydrogens (primary N) is 1. The van der Waals surface area contributed by atoms with Crippen LogP contribution in [0.2, 0.25) is 0 Å². The quantitative estimate of drug-likeness (QED) is 0.792. The number of amides is 1. The second-order valence-electron chi connectivity index (χ2n) is 6.56. The molecule has 1 fully saturated rings. The molecule has 1 aromatic rings. The van der Waals surface area contributed by atoms with Crippen molar-refractivity contribution < 1.29 is 4.79 Å². The van der Waals surface area contributed by atoms with Crippen LogP contribution in [0.3, 0.4) is 0 Å². The molecule has 5 nitrogen and oxygen atoms in total. The zero-order valence-electron chi connectivity index (χ0n) is 13.2. The van der Waals surface area contributed by atoms with Gasteiger partial charge in [-0.2, -0.15) is 5.10 Å². The average Bonchev–Trinajstić information content (AvgIpc) is 3.11. The van der Waals surface area contributed by atoms with Gasteiger partial charge in [0.1, 0.15) is 5.69 Å². The first kappa shape index (κ1) is 18.0. The highest BCUT2D eigenvalue weighted by Gasteiger charge is 2.32. The summed E-state index contributed by atoms with van der Waals surface area (Å²) in [5.41, 5.74) is 7.09. The first-order valence-corrected chi connectivity index (χ1v) is 7.52. The minimum absolute atomic E-state index is 0. The van der Waals surface area contributed by atoms with Gasteiger partial charge in [-0.05, 0) is 59.1 Å². The zero-order chi connectivity index (χ0) is 14.8. The van der Waals surface area contributed by atoms with E-state index in [0.717, 1.165) is 12.8 Å². The molecule has 1 saturated carbocycles. The number of carbonyl (C=O) groups excluding carboxylic acids is 1. The number of halogens is 1. The summed E-state index contributed by atoms with van der Waals surface area (Å²) in [5, 5.41) is 7.44. The van der Waals surface area contributed by atoms with Gasteiger partial charge in [0.2, 0.25) is 0 Å². The molecular formula is C15H27ClN4O. The molecule has 0 spiro atoms. The van der Waals surface area contributed by atoms with E-state index in [1.807, 2.05) is 10.7 Å². The molecule has 1 amide bonds. The minimum Gasteiger partial charge on any atom is -0.351 e. The van der Waals surface area contributed by atoms with Crippen molar-refractivity contribution >= 4 is 18.3 Å². The molecule has 1 aromatic heterocycles. The van der Waals surface area contributed by atoms with Gasteiger partial charge in [0.15, 0.2) is 0 Å².